The highest BCUT2D eigenvalue weighted by atomic mass is 35.5. The van der Waals surface area contributed by atoms with E-state index >= 15 is 0 Å². The number of pyridine rings is 2. The number of hydrogen-bond donors (Lipinski definition) is 2. The number of rotatable bonds is 7. The van der Waals surface area contributed by atoms with E-state index in [0.717, 1.165) is 11.3 Å². The van der Waals surface area contributed by atoms with Crippen LogP contribution in [0.25, 0.3) is 16.6 Å². The van der Waals surface area contributed by atoms with Crippen molar-refractivity contribution >= 4 is 51.2 Å². The number of nitrogens with zero attached hydrogens (tertiary/aromatic N) is 6. The van der Waals surface area contributed by atoms with Gasteiger partial charge in [-0.25, -0.2) is 9.07 Å². The number of nitriles is 1. The van der Waals surface area contributed by atoms with Crippen LogP contribution in [-0.4, -0.2) is 25.0 Å². The fraction of sp³-hybridized carbons (Fsp3) is 0.0333. The number of hydrogen-bond acceptors (Lipinski definition) is 7. The molecule has 41 heavy (non-hydrogen) atoms. The topological polar surface area (TPSA) is 104 Å². The van der Waals surface area contributed by atoms with Gasteiger partial charge in [-0.15, -0.1) is 5.10 Å². The first kappa shape index (κ1) is 26.2. The van der Waals surface area contributed by atoms with Crippen molar-refractivity contribution in [2.24, 2.45) is 0 Å². The lowest BCUT2D eigenvalue weighted by Crippen LogP contribution is -2.13. The van der Waals surface area contributed by atoms with Crippen molar-refractivity contribution in [2.75, 3.05) is 10.6 Å². The van der Waals surface area contributed by atoms with Crippen molar-refractivity contribution in [1.29, 1.82) is 5.26 Å². The number of anilines is 3. The van der Waals surface area contributed by atoms with Gasteiger partial charge in [-0.2, -0.15) is 5.26 Å². The molecule has 0 saturated carbocycles. The van der Waals surface area contributed by atoms with Crippen LogP contribution in [-0.2, 0) is 0 Å². The minimum absolute atomic E-state index is 0.0442. The molecule has 3 aromatic heterocycles. The Morgan fingerprint density at radius 3 is 2.59 bits per heavy atom. The van der Waals surface area contributed by atoms with Crippen LogP contribution in [0.15, 0.2) is 97.6 Å². The molecule has 0 aliphatic heterocycles. The first-order chi connectivity index (χ1) is 20.0. The molecule has 2 N–H and O–H groups in total. The molecule has 200 valence electrons. The lowest BCUT2D eigenvalue weighted by atomic mass is 10.0. The van der Waals surface area contributed by atoms with Crippen LogP contribution in [0.2, 0.25) is 10.0 Å². The zero-order chi connectivity index (χ0) is 28.3. The molecule has 11 heteroatoms. The Morgan fingerprint density at radius 1 is 0.976 bits per heavy atom. The van der Waals surface area contributed by atoms with Gasteiger partial charge >= 0.3 is 0 Å². The first-order valence-electron chi connectivity index (χ1n) is 12.4. The van der Waals surface area contributed by atoms with Gasteiger partial charge in [0.1, 0.15) is 17.6 Å². The summed E-state index contributed by atoms with van der Waals surface area (Å²) in [5.74, 6) is -0.542. The molecule has 0 aliphatic rings. The fourth-order valence-electron chi connectivity index (χ4n) is 4.47. The van der Waals surface area contributed by atoms with Gasteiger partial charge in [-0.05, 0) is 48.0 Å². The molecular weight excluding hydrogens is 562 g/mol. The number of nitrogens with one attached hydrogen (secondary N) is 2. The van der Waals surface area contributed by atoms with Crippen LogP contribution < -0.4 is 10.6 Å². The van der Waals surface area contributed by atoms with Crippen molar-refractivity contribution in [3.05, 3.63) is 130 Å². The average molecular weight is 581 g/mol. The van der Waals surface area contributed by atoms with Crippen molar-refractivity contribution in [2.45, 2.75) is 6.04 Å². The molecular formula is C30H19Cl2FN8. The van der Waals surface area contributed by atoms with Gasteiger partial charge in [0.25, 0.3) is 0 Å². The molecule has 0 saturated heterocycles. The Bertz CT molecular complexity index is 1910. The predicted molar refractivity (Wildman–Crippen MR) is 157 cm³/mol. The Labute approximate surface area is 244 Å². The molecule has 0 spiro atoms. The molecule has 1 atom stereocenters. The molecule has 0 aliphatic carbocycles. The highest BCUT2D eigenvalue weighted by Crippen LogP contribution is 2.37. The van der Waals surface area contributed by atoms with E-state index in [1.54, 1.807) is 29.2 Å². The standard InChI is InChI=1S/C30H19Cl2FN8/c31-20-11-23-28(37-21-8-9-25(33)24(32)13-21)19(14-34)15-36-30(23)26(12-20)38-29(18-5-2-1-3-6-18)27-17-41(40-39-27)22-7-4-10-35-16-22/h1-13,15-17,29,38H,(H,36,37)/t29-/m0/s1. The third-order valence-electron chi connectivity index (χ3n) is 6.40. The lowest BCUT2D eigenvalue weighted by molar-refractivity contribution is 0.628. The van der Waals surface area contributed by atoms with Gasteiger partial charge in [-0.3, -0.25) is 9.97 Å². The summed E-state index contributed by atoms with van der Waals surface area (Å²) >= 11 is 12.6. The minimum atomic E-state index is -0.542. The first-order valence-corrected chi connectivity index (χ1v) is 13.1. The quantitative estimate of drug-likeness (QED) is 0.202. The molecule has 8 nitrogen and oxygen atoms in total. The van der Waals surface area contributed by atoms with E-state index in [-0.39, 0.29) is 10.6 Å². The second kappa shape index (κ2) is 11.2. The largest absolute Gasteiger partial charge is 0.371 e. The molecule has 0 fully saturated rings. The third-order valence-corrected chi connectivity index (χ3v) is 6.90. The van der Waals surface area contributed by atoms with Gasteiger partial charge < -0.3 is 10.6 Å². The summed E-state index contributed by atoms with van der Waals surface area (Å²) in [7, 11) is 0. The Balaban J connectivity index is 1.45. The van der Waals surface area contributed by atoms with Crippen LogP contribution in [0.4, 0.5) is 21.5 Å². The third kappa shape index (κ3) is 5.39. The van der Waals surface area contributed by atoms with Crippen LogP contribution in [0.1, 0.15) is 22.9 Å². The van der Waals surface area contributed by atoms with Crippen molar-refractivity contribution in [3.63, 3.8) is 0 Å². The van der Waals surface area contributed by atoms with E-state index < -0.39 is 11.9 Å². The molecule has 0 amide bonds. The van der Waals surface area contributed by atoms with Gasteiger partial charge in [0.05, 0.1) is 51.6 Å². The van der Waals surface area contributed by atoms with E-state index in [0.29, 0.717) is 38.7 Å². The van der Waals surface area contributed by atoms with Crippen LogP contribution in [0.3, 0.4) is 0 Å². The summed E-state index contributed by atoms with van der Waals surface area (Å²) in [5.41, 5.74) is 4.78. The van der Waals surface area contributed by atoms with E-state index in [4.69, 9.17) is 23.2 Å². The van der Waals surface area contributed by atoms with E-state index in [1.165, 1.54) is 24.4 Å². The van der Waals surface area contributed by atoms with Crippen LogP contribution in [0.5, 0.6) is 0 Å². The summed E-state index contributed by atoms with van der Waals surface area (Å²) in [6.45, 7) is 0. The average Bonchev–Trinajstić information content (AvgIpc) is 3.49. The van der Waals surface area contributed by atoms with Gasteiger partial charge in [-0.1, -0.05) is 58.7 Å². The lowest BCUT2D eigenvalue weighted by Gasteiger charge is -2.21. The number of halogens is 3. The van der Waals surface area contributed by atoms with E-state index in [1.807, 2.05) is 48.7 Å². The van der Waals surface area contributed by atoms with Crippen LogP contribution in [0, 0.1) is 17.1 Å². The summed E-state index contributed by atoms with van der Waals surface area (Å²) in [6.07, 6.45) is 6.71. The van der Waals surface area contributed by atoms with Gasteiger partial charge in [0.2, 0.25) is 0 Å². The van der Waals surface area contributed by atoms with Crippen molar-refractivity contribution in [1.82, 2.24) is 25.0 Å². The highest BCUT2D eigenvalue weighted by Gasteiger charge is 2.21. The van der Waals surface area contributed by atoms with Crippen molar-refractivity contribution in [3.8, 4) is 11.8 Å². The smallest absolute Gasteiger partial charge is 0.141 e. The second-order valence-corrected chi connectivity index (χ2v) is 9.89. The maximum absolute atomic E-state index is 13.8. The number of benzene rings is 3. The van der Waals surface area contributed by atoms with Crippen LogP contribution >= 0.6 is 23.2 Å². The van der Waals surface area contributed by atoms with Gasteiger partial charge in [0.15, 0.2) is 0 Å². The Morgan fingerprint density at radius 2 is 1.83 bits per heavy atom. The maximum atomic E-state index is 13.8. The summed E-state index contributed by atoms with van der Waals surface area (Å²) in [6, 6.07) is 23.0. The van der Waals surface area contributed by atoms with E-state index in [2.05, 4.69) is 37.0 Å². The molecule has 6 rings (SSSR count). The van der Waals surface area contributed by atoms with Gasteiger partial charge in [0, 0.05) is 28.5 Å². The van der Waals surface area contributed by atoms with Crippen molar-refractivity contribution < 1.29 is 4.39 Å². The minimum Gasteiger partial charge on any atom is -0.371 e. The molecule has 3 heterocycles. The SMILES string of the molecule is N#Cc1cnc2c(N[C@@H](c3ccccc3)c3cn(-c4cccnc4)nn3)cc(Cl)cc2c1Nc1ccc(F)c(Cl)c1. The Hall–Kier alpha value is -5.04. The zero-order valence-corrected chi connectivity index (χ0v) is 22.6. The predicted octanol–water partition coefficient (Wildman–Crippen LogP) is 7.47. The monoisotopic (exact) mass is 580 g/mol. The highest BCUT2D eigenvalue weighted by molar-refractivity contribution is 6.32. The molecule has 3 aromatic carbocycles. The zero-order valence-electron chi connectivity index (χ0n) is 21.1. The Kier molecular flexibility index (Phi) is 7.17. The fourth-order valence-corrected chi connectivity index (χ4v) is 4.87. The molecule has 6 aromatic rings. The maximum Gasteiger partial charge on any atom is 0.141 e. The molecule has 0 bridgehead atoms. The summed E-state index contributed by atoms with van der Waals surface area (Å²) in [5, 5.41) is 26.3. The molecule has 0 unspecified atom stereocenters. The second-order valence-electron chi connectivity index (χ2n) is 9.05. The summed E-state index contributed by atoms with van der Waals surface area (Å²) < 4.78 is 15.4. The molecule has 0 radical (unpaired) electrons. The number of fused-ring (bicyclic) bond motifs is 1. The number of aromatic nitrogens is 5. The normalized spacial score (nSPS) is 11.7. The van der Waals surface area contributed by atoms with E-state index in [9.17, 15) is 9.65 Å². The summed E-state index contributed by atoms with van der Waals surface area (Å²) in [4.78, 5) is 8.77.